The van der Waals surface area contributed by atoms with Crippen molar-refractivity contribution in [3.05, 3.63) is 0 Å². The first kappa shape index (κ1) is 9.48. The largest absolute Gasteiger partial charge is 0.366 e. The van der Waals surface area contributed by atoms with E-state index in [-0.39, 0.29) is 12.0 Å². The first-order valence-corrected chi connectivity index (χ1v) is 4.33. The third kappa shape index (κ3) is 2.19. The molecular weight excluding hydrogens is 156 g/mol. The van der Waals surface area contributed by atoms with E-state index in [4.69, 9.17) is 4.74 Å². The van der Waals surface area contributed by atoms with Crippen LogP contribution in [-0.2, 0) is 9.53 Å². The lowest BCUT2D eigenvalue weighted by molar-refractivity contribution is -0.143. The number of rotatable bonds is 2. The van der Waals surface area contributed by atoms with Gasteiger partial charge in [0.1, 0.15) is 6.10 Å². The van der Waals surface area contributed by atoms with E-state index in [1.165, 1.54) is 0 Å². The summed E-state index contributed by atoms with van der Waals surface area (Å²) in [4.78, 5) is 13.2. The van der Waals surface area contributed by atoms with Crippen LogP contribution in [0.25, 0.3) is 0 Å². The molecule has 1 atom stereocenters. The number of ether oxygens (including phenoxy) is 1. The number of nitrogens with one attached hydrogen (secondary N) is 1. The molecule has 1 N–H and O–H groups in total. The van der Waals surface area contributed by atoms with Gasteiger partial charge in [0.05, 0.1) is 6.61 Å². The van der Waals surface area contributed by atoms with Crippen molar-refractivity contribution in [3.8, 4) is 0 Å². The molecule has 1 aliphatic rings. The molecule has 0 aromatic rings. The molecule has 1 rings (SSSR count). The maximum absolute atomic E-state index is 11.5. The third-order valence-electron chi connectivity index (χ3n) is 2.05. The number of likely N-dealkylation sites (N-methyl/N-ethyl adjacent to an activating group) is 1. The van der Waals surface area contributed by atoms with Crippen LogP contribution in [0.3, 0.4) is 0 Å². The Labute approximate surface area is 72.9 Å². The van der Waals surface area contributed by atoms with Crippen LogP contribution in [0.1, 0.15) is 6.92 Å². The highest BCUT2D eigenvalue weighted by Gasteiger charge is 2.23. The van der Waals surface area contributed by atoms with E-state index < -0.39 is 0 Å². The molecule has 0 aromatic heterocycles. The topological polar surface area (TPSA) is 41.6 Å². The minimum Gasteiger partial charge on any atom is -0.366 e. The molecule has 0 saturated carbocycles. The number of hydrogen-bond donors (Lipinski definition) is 1. The molecule has 1 fully saturated rings. The Kier molecular flexibility index (Phi) is 3.49. The highest BCUT2D eigenvalue weighted by atomic mass is 16.5. The Bertz CT molecular complexity index is 155. The third-order valence-corrected chi connectivity index (χ3v) is 2.05. The van der Waals surface area contributed by atoms with Crippen LogP contribution < -0.4 is 5.32 Å². The number of hydrogen-bond acceptors (Lipinski definition) is 3. The summed E-state index contributed by atoms with van der Waals surface area (Å²) >= 11 is 0. The molecule has 0 spiro atoms. The summed E-state index contributed by atoms with van der Waals surface area (Å²) in [6.45, 7) is 4.81. The lowest BCUT2D eigenvalue weighted by atomic mass is 10.2. The van der Waals surface area contributed by atoms with Gasteiger partial charge in [-0.15, -0.1) is 0 Å². The molecule has 1 saturated heterocycles. The molecule has 0 radical (unpaired) electrons. The first-order chi connectivity index (χ1) is 5.75. The zero-order valence-corrected chi connectivity index (χ0v) is 7.67. The van der Waals surface area contributed by atoms with Crippen LogP contribution in [0.15, 0.2) is 0 Å². The van der Waals surface area contributed by atoms with Gasteiger partial charge < -0.3 is 15.0 Å². The van der Waals surface area contributed by atoms with Crippen LogP contribution in [-0.4, -0.2) is 50.2 Å². The van der Waals surface area contributed by atoms with Gasteiger partial charge in [0.25, 0.3) is 5.91 Å². The van der Waals surface area contributed by atoms with E-state index >= 15 is 0 Å². The fourth-order valence-corrected chi connectivity index (χ4v) is 1.13. The molecule has 4 nitrogen and oxygen atoms in total. The van der Waals surface area contributed by atoms with Gasteiger partial charge in [-0.05, 0) is 6.92 Å². The van der Waals surface area contributed by atoms with Crippen LogP contribution in [0.4, 0.5) is 0 Å². The second kappa shape index (κ2) is 4.42. The Morgan fingerprint density at radius 3 is 3.00 bits per heavy atom. The predicted molar refractivity (Wildman–Crippen MR) is 45.9 cm³/mol. The van der Waals surface area contributed by atoms with Crippen LogP contribution >= 0.6 is 0 Å². The summed E-state index contributed by atoms with van der Waals surface area (Å²) in [7, 11) is 1.79. The van der Waals surface area contributed by atoms with Gasteiger partial charge >= 0.3 is 0 Å². The fourth-order valence-electron chi connectivity index (χ4n) is 1.13. The van der Waals surface area contributed by atoms with E-state index in [9.17, 15) is 4.79 Å². The molecule has 0 bridgehead atoms. The van der Waals surface area contributed by atoms with Crippen molar-refractivity contribution in [2.45, 2.75) is 13.0 Å². The SMILES string of the molecule is CCN(C)C(=O)C1CNCCO1. The van der Waals surface area contributed by atoms with E-state index in [0.29, 0.717) is 13.2 Å². The van der Waals surface area contributed by atoms with E-state index in [2.05, 4.69) is 5.32 Å². The van der Waals surface area contributed by atoms with Gasteiger partial charge in [-0.2, -0.15) is 0 Å². The summed E-state index contributed by atoms with van der Waals surface area (Å²) in [6.07, 6.45) is -0.274. The Balaban J connectivity index is 2.39. The van der Waals surface area contributed by atoms with E-state index in [1.807, 2.05) is 6.92 Å². The summed E-state index contributed by atoms with van der Waals surface area (Å²) in [5.74, 6) is 0.0738. The highest BCUT2D eigenvalue weighted by Crippen LogP contribution is 2.00. The molecule has 70 valence electrons. The van der Waals surface area contributed by atoms with E-state index in [1.54, 1.807) is 11.9 Å². The number of amides is 1. The fraction of sp³-hybridized carbons (Fsp3) is 0.875. The molecule has 1 amide bonds. The van der Waals surface area contributed by atoms with Gasteiger partial charge in [0.15, 0.2) is 0 Å². The minimum atomic E-state index is -0.274. The van der Waals surface area contributed by atoms with Crippen LogP contribution in [0, 0.1) is 0 Å². The molecule has 0 aliphatic carbocycles. The van der Waals surface area contributed by atoms with Crippen molar-refractivity contribution < 1.29 is 9.53 Å². The normalized spacial score (nSPS) is 23.7. The molecule has 12 heavy (non-hydrogen) atoms. The van der Waals surface area contributed by atoms with Gasteiger partial charge in [0.2, 0.25) is 0 Å². The quantitative estimate of drug-likeness (QED) is 0.608. The number of nitrogens with zero attached hydrogens (tertiary/aromatic N) is 1. The van der Waals surface area contributed by atoms with Crippen molar-refractivity contribution in [2.24, 2.45) is 0 Å². The van der Waals surface area contributed by atoms with Gasteiger partial charge in [-0.3, -0.25) is 4.79 Å². The second-order valence-corrected chi connectivity index (χ2v) is 2.92. The Hall–Kier alpha value is -0.610. The summed E-state index contributed by atoms with van der Waals surface area (Å²) in [5, 5.41) is 3.12. The van der Waals surface area contributed by atoms with Gasteiger partial charge in [0, 0.05) is 26.7 Å². The van der Waals surface area contributed by atoms with Gasteiger partial charge in [-0.25, -0.2) is 0 Å². The monoisotopic (exact) mass is 172 g/mol. The summed E-state index contributed by atoms with van der Waals surface area (Å²) in [6, 6.07) is 0. The van der Waals surface area contributed by atoms with Crippen molar-refractivity contribution in [2.75, 3.05) is 33.3 Å². The minimum absolute atomic E-state index is 0.0738. The average Bonchev–Trinajstić information content (AvgIpc) is 2.17. The highest BCUT2D eigenvalue weighted by molar-refractivity contribution is 5.81. The predicted octanol–water partition coefficient (Wildman–Crippen LogP) is -0.547. The molecule has 4 heteroatoms. The van der Waals surface area contributed by atoms with Crippen molar-refractivity contribution in [1.29, 1.82) is 0 Å². The maximum Gasteiger partial charge on any atom is 0.252 e. The maximum atomic E-state index is 11.5. The smallest absolute Gasteiger partial charge is 0.252 e. The lowest BCUT2D eigenvalue weighted by Crippen LogP contribution is -2.48. The Morgan fingerprint density at radius 2 is 2.50 bits per heavy atom. The van der Waals surface area contributed by atoms with Crippen molar-refractivity contribution in [3.63, 3.8) is 0 Å². The van der Waals surface area contributed by atoms with Gasteiger partial charge in [-0.1, -0.05) is 0 Å². The standard InChI is InChI=1S/C8H16N2O2/c1-3-10(2)8(11)7-6-9-4-5-12-7/h7,9H,3-6H2,1-2H3. The van der Waals surface area contributed by atoms with Crippen LogP contribution in [0.5, 0.6) is 0 Å². The lowest BCUT2D eigenvalue weighted by Gasteiger charge is -2.26. The number of morpholine rings is 1. The molecule has 0 aromatic carbocycles. The van der Waals surface area contributed by atoms with Crippen molar-refractivity contribution in [1.82, 2.24) is 10.2 Å². The molecule has 1 unspecified atom stereocenters. The molecule has 1 aliphatic heterocycles. The number of carbonyl (C=O) groups is 1. The molecular formula is C8H16N2O2. The van der Waals surface area contributed by atoms with E-state index in [0.717, 1.165) is 13.1 Å². The Morgan fingerprint density at radius 1 is 1.75 bits per heavy atom. The average molecular weight is 172 g/mol. The second-order valence-electron chi connectivity index (χ2n) is 2.92. The number of carbonyl (C=O) groups excluding carboxylic acids is 1. The zero-order chi connectivity index (χ0) is 8.97. The first-order valence-electron chi connectivity index (χ1n) is 4.33. The molecule has 1 heterocycles. The summed E-state index contributed by atoms with van der Waals surface area (Å²) < 4.78 is 5.31. The zero-order valence-electron chi connectivity index (χ0n) is 7.67. The summed E-state index contributed by atoms with van der Waals surface area (Å²) in [5.41, 5.74) is 0. The van der Waals surface area contributed by atoms with Crippen molar-refractivity contribution >= 4 is 5.91 Å². The van der Waals surface area contributed by atoms with Crippen LogP contribution in [0.2, 0.25) is 0 Å².